The Labute approximate surface area is 149 Å². The second-order valence-corrected chi connectivity index (χ2v) is 8.87. The van der Waals surface area contributed by atoms with Gasteiger partial charge in [-0.3, -0.25) is 0 Å². The summed E-state index contributed by atoms with van der Waals surface area (Å²) in [6.45, 7) is 0. The van der Waals surface area contributed by atoms with E-state index in [1.54, 1.807) is 7.11 Å². The van der Waals surface area contributed by atoms with Crippen molar-refractivity contribution in [3.8, 4) is 5.75 Å². The van der Waals surface area contributed by atoms with Crippen molar-refractivity contribution in [3.63, 3.8) is 0 Å². The van der Waals surface area contributed by atoms with Crippen LogP contribution in [0, 0.1) is 0 Å². The third kappa shape index (κ3) is 5.26. The second-order valence-electron chi connectivity index (χ2n) is 4.09. The van der Waals surface area contributed by atoms with E-state index < -0.39 is 0 Å². The van der Waals surface area contributed by atoms with Crippen molar-refractivity contribution in [1.29, 1.82) is 0 Å². The first-order chi connectivity index (χ1) is 10.2. The topological polar surface area (TPSA) is 21.6 Å². The van der Waals surface area contributed by atoms with Crippen molar-refractivity contribution in [2.45, 2.75) is 0 Å². The van der Waals surface area contributed by atoms with Gasteiger partial charge < -0.3 is 0 Å². The molecule has 0 bridgehead atoms. The Bertz CT molecular complexity index is 636. The van der Waals surface area contributed by atoms with Crippen LogP contribution in [0.15, 0.2) is 64.1 Å². The van der Waals surface area contributed by atoms with Gasteiger partial charge >= 0.3 is 150 Å². The number of allylic oxidation sites excluding steroid dienone is 1. The molecule has 0 radical (unpaired) electrons. The van der Waals surface area contributed by atoms with E-state index in [4.69, 9.17) is 4.74 Å². The second kappa shape index (κ2) is 8.75. The van der Waals surface area contributed by atoms with Gasteiger partial charge in [0.1, 0.15) is 0 Å². The molecule has 0 aliphatic heterocycles. The normalized spacial score (nSPS) is 11.9. The van der Waals surface area contributed by atoms with Crippen molar-refractivity contribution in [3.05, 3.63) is 64.6 Å². The Morgan fingerprint density at radius 3 is 2.33 bits per heavy atom. The molecule has 2 nitrogen and oxygen atoms in total. The van der Waals surface area contributed by atoms with Crippen molar-refractivity contribution in [2.75, 3.05) is 7.11 Å². The van der Waals surface area contributed by atoms with E-state index in [0.29, 0.717) is 0 Å². The molecule has 0 unspecified atom stereocenters. The molecule has 0 aliphatic carbocycles. The summed E-state index contributed by atoms with van der Waals surface area (Å²) in [6, 6.07) is 16.0. The van der Waals surface area contributed by atoms with Gasteiger partial charge in [-0.05, 0) is 0 Å². The van der Waals surface area contributed by atoms with Crippen molar-refractivity contribution < 1.29 is 4.74 Å². The van der Waals surface area contributed by atoms with E-state index in [1.165, 1.54) is 9.18 Å². The Kier molecular flexibility index (Phi) is 6.98. The molecule has 108 valence electrons. The fraction of sp³-hybridized carbons (Fsp3) is 0.0625. The number of methoxy groups -OCH3 is 1. The fourth-order valence-electron chi connectivity index (χ4n) is 1.64. The molecule has 2 aromatic carbocycles. The molecule has 0 N–H and O–H groups in total. The molecule has 0 saturated carbocycles. The average molecular weight is 523 g/mol. The maximum absolute atomic E-state index is 5.13. The van der Waals surface area contributed by atoms with Crippen molar-refractivity contribution in [2.24, 2.45) is 4.99 Å². The summed E-state index contributed by atoms with van der Waals surface area (Å²) in [4.78, 5) is 4.45. The first kappa shape index (κ1) is 16.8. The number of hydrogen-bond acceptors (Lipinski definition) is 2. The predicted octanol–water partition coefficient (Wildman–Crippen LogP) is 5.22. The predicted molar refractivity (Wildman–Crippen MR) is 97.9 cm³/mol. The number of aliphatic imine (C=N–C) groups is 1. The molecular weight excluding hydrogens is 510 g/mol. The minimum atomic E-state index is -0.367. The van der Waals surface area contributed by atoms with E-state index in [1.807, 2.05) is 30.5 Å². The van der Waals surface area contributed by atoms with Crippen LogP contribution in [-0.2, 0) is 0 Å². The van der Waals surface area contributed by atoms with Crippen LogP contribution in [0.1, 0.15) is 5.56 Å². The molecule has 2 rings (SSSR count). The maximum atomic E-state index is 5.13. The first-order valence-corrected chi connectivity index (χ1v) is 13.3. The third-order valence-corrected chi connectivity index (χ3v) is 7.14. The van der Waals surface area contributed by atoms with Crippen LogP contribution in [-0.4, -0.2) is 32.0 Å². The molecule has 0 heterocycles. The Balaban J connectivity index is 2.12. The van der Waals surface area contributed by atoms with Gasteiger partial charge in [-0.15, -0.1) is 0 Å². The zero-order valence-electron chi connectivity index (χ0n) is 11.3. The van der Waals surface area contributed by atoms with Crippen LogP contribution < -0.4 is 4.74 Å². The number of nitrogens with zero attached hydrogens (tertiary/aromatic N) is 1. The van der Waals surface area contributed by atoms with Gasteiger partial charge in [-0.2, -0.15) is 0 Å². The number of hydrogen-bond donors (Lipinski definition) is 0. The molecule has 21 heavy (non-hydrogen) atoms. The third-order valence-electron chi connectivity index (χ3n) is 2.73. The summed E-state index contributed by atoms with van der Waals surface area (Å²) in [5.41, 5.74) is 2.15. The molecule has 0 aliphatic rings. The standard InChI is InChI=1S/C16H13Br2NOTe/c1-20-15-8-6-14(7-9-15)19-11-10-16(21-18)12-2-4-13(17)5-3-12/h2-11H,1H3/b16-10-,19-11?. The Morgan fingerprint density at radius 1 is 1.10 bits per heavy atom. The summed E-state index contributed by atoms with van der Waals surface area (Å²) < 4.78 is 7.53. The fourth-order valence-corrected chi connectivity index (χ4v) is 4.85. The number of benzene rings is 2. The Hall–Kier alpha value is -0.600. The molecule has 0 spiro atoms. The van der Waals surface area contributed by atoms with Crippen molar-refractivity contribution >= 4 is 62.9 Å². The zero-order chi connectivity index (χ0) is 15.1. The summed E-state index contributed by atoms with van der Waals surface area (Å²) in [5, 5.41) is 0. The summed E-state index contributed by atoms with van der Waals surface area (Å²) in [5.74, 6) is 0.840. The zero-order valence-corrected chi connectivity index (χ0v) is 16.8. The minimum absolute atomic E-state index is 0.367. The van der Waals surface area contributed by atoms with E-state index in [0.717, 1.165) is 15.9 Å². The van der Waals surface area contributed by atoms with E-state index in [9.17, 15) is 0 Å². The number of halogens is 2. The monoisotopic (exact) mass is 523 g/mol. The number of ether oxygens (including phenoxy) is 1. The molecule has 0 saturated heterocycles. The van der Waals surface area contributed by atoms with Gasteiger partial charge in [0.15, 0.2) is 0 Å². The van der Waals surface area contributed by atoms with Gasteiger partial charge in [0, 0.05) is 0 Å². The molecule has 0 amide bonds. The summed E-state index contributed by atoms with van der Waals surface area (Å²) >= 11 is 6.74. The summed E-state index contributed by atoms with van der Waals surface area (Å²) in [6.07, 6.45) is 3.93. The van der Waals surface area contributed by atoms with Crippen LogP contribution in [0.3, 0.4) is 0 Å². The van der Waals surface area contributed by atoms with Gasteiger partial charge in [0.25, 0.3) is 0 Å². The van der Waals surface area contributed by atoms with E-state index in [-0.39, 0.29) is 18.7 Å². The van der Waals surface area contributed by atoms with Crippen LogP contribution in [0.2, 0.25) is 0 Å². The van der Waals surface area contributed by atoms with Gasteiger partial charge in [-0.25, -0.2) is 0 Å². The van der Waals surface area contributed by atoms with E-state index >= 15 is 0 Å². The Morgan fingerprint density at radius 2 is 1.76 bits per heavy atom. The number of rotatable bonds is 5. The first-order valence-electron chi connectivity index (χ1n) is 6.16. The molecule has 2 aromatic rings. The molecule has 0 aromatic heterocycles. The van der Waals surface area contributed by atoms with Crippen LogP contribution in [0.25, 0.3) is 3.62 Å². The molecule has 0 atom stereocenters. The quantitative estimate of drug-likeness (QED) is 0.390. The average Bonchev–Trinajstić information content (AvgIpc) is 2.53. The van der Waals surface area contributed by atoms with E-state index in [2.05, 4.69) is 64.0 Å². The molecular formula is C16H13Br2NOTe. The van der Waals surface area contributed by atoms with Crippen LogP contribution in [0.5, 0.6) is 5.75 Å². The van der Waals surface area contributed by atoms with Crippen LogP contribution >= 0.6 is 28.7 Å². The van der Waals surface area contributed by atoms with Gasteiger partial charge in [-0.1, -0.05) is 0 Å². The van der Waals surface area contributed by atoms with Crippen LogP contribution in [0.4, 0.5) is 5.69 Å². The summed E-state index contributed by atoms with van der Waals surface area (Å²) in [7, 11) is 1.66. The SMILES string of the molecule is COc1ccc(N=C/C=C(\[Te]Br)c2ccc(Br)cc2)cc1. The molecule has 0 fully saturated rings. The van der Waals surface area contributed by atoms with Gasteiger partial charge in [0.05, 0.1) is 0 Å². The molecule has 5 heteroatoms. The van der Waals surface area contributed by atoms with Crippen molar-refractivity contribution in [1.82, 2.24) is 0 Å². The van der Waals surface area contributed by atoms with Gasteiger partial charge in [0.2, 0.25) is 0 Å².